The van der Waals surface area contributed by atoms with Gasteiger partial charge < -0.3 is 10.8 Å². The van der Waals surface area contributed by atoms with Crippen LogP contribution >= 0.6 is 15.9 Å². The topological polar surface area (TPSA) is 87.7 Å². The Morgan fingerprint density at radius 2 is 2.36 bits per heavy atom. The van der Waals surface area contributed by atoms with E-state index < -0.39 is 6.03 Å². The fourth-order valence-electron chi connectivity index (χ4n) is 0.794. The van der Waals surface area contributed by atoms with Crippen LogP contribution in [0.1, 0.15) is 5.56 Å². The summed E-state index contributed by atoms with van der Waals surface area (Å²) in [6.45, 7) is 0. The number of phenolic OH excluding ortho intramolecular Hbond substituents is 1. The summed E-state index contributed by atoms with van der Waals surface area (Å²) in [6.07, 6.45) is 1.30. The summed E-state index contributed by atoms with van der Waals surface area (Å²) < 4.78 is 0.802. The highest BCUT2D eigenvalue weighted by molar-refractivity contribution is 9.10. The van der Waals surface area contributed by atoms with Gasteiger partial charge in [0.15, 0.2) is 0 Å². The second-order valence-electron chi connectivity index (χ2n) is 2.44. The summed E-state index contributed by atoms with van der Waals surface area (Å²) >= 11 is 3.23. The van der Waals surface area contributed by atoms with Crippen molar-refractivity contribution in [2.24, 2.45) is 10.8 Å². The quantitative estimate of drug-likeness (QED) is 0.549. The average Bonchev–Trinajstić information content (AvgIpc) is 2.10. The number of hydrazone groups is 1. The minimum absolute atomic E-state index is 0.0724. The molecule has 1 rings (SSSR count). The number of amides is 2. The summed E-state index contributed by atoms with van der Waals surface area (Å²) in [4.78, 5) is 10.3. The molecule has 0 saturated heterocycles. The van der Waals surface area contributed by atoms with E-state index in [0.29, 0.717) is 5.56 Å². The zero-order valence-corrected chi connectivity index (χ0v) is 8.65. The Balaban J connectivity index is 2.80. The van der Waals surface area contributed by atoms with E-state index in [9.17, 15) is 9.90 Å². The number of hydrogen-bond donors (Lipinski definition) is 3. The number of benzene rings is 1. The number of primary amides is 1. The molecule has 0 spiro atoms. The second-order valence-corrected chi connectivity index (χ2v) is 3.35. The van der Waals surface area contributed by atoms with Crippen LogP contribution in [0.4, 0.5) is 4.79 Å². The second kappa shape index (κ2) is 4.61. The molecule has 0 unspecified atom stereocenters. The third-order valence-corrected chi connectivity index (χ3v) is 1.86. The molecule has 14 heavy (non-hydrogen) atoms. The van der Waals surface area contributed by atoms with Gasteiger partial charge in [0.1, 0.15) is 5.75 Å². The van der Waals surface area contributed by atoms with Gasteiger partial charge in [-0.25, -0.2) is 10.2 Å². The van der Waals surface area contributed by atoms with Crippen molar-refractivity contribution < 1.29 is 9.90 Å². The maximum absolute atomic E-state index is 10.3. The van der Waals surface area contributed by atoms with Gasteiger partial charge in [-0.1, -0.05) is 15.9 Å². The van der Waals surface area contributed by atoms with E-state index in [1.54, 1.807) is 12.1 Å². The molecule has 1 aromatic rings. The number of urea groups is 1. The first-order valence-corrected chi connectivity index (χ1v) is 4.46. The molecular formula is C8H8BrN3O2. The zero-order chi connectivity index (χ0) is 10.6. The number of rotatable bonds is 2. The Morgan fingerprint density at radius 1 is 1.64 bits per heavy atom. The first kappa shape index (κ1) is 10.5. The third kappa shape index (κ3) is 3.06. The smallest absolute Gasteiger partial charge is 0.332 e. The van der Waals surface area contributed by atoms with E-state index in [1.807, 2.05) is 5.43 Å². The minimum Gasteiger partial charge on any atom is -0.507 e. The highest BCUT2D eigenvalue weighted by Gasteiger charge is 1.98. The lowest BCUT2D eigenvalue weighted by molar-refractivity contribution is 0.249. The highest BCUT2D eigenvalue weighted by Crippen LogP contribution is 2.19. The lowest BCUT2D eigenvalue weighted by Gasteiger charge is -1.98. The molecule has 0 aliphatic heterocycles. The van der Waals surface area contributed by atoms with E-state index in [1.165, 1.54) is 12.3 Å². The van der Waals surface area contributed by atoms with Gasteiger partial charge in [0.25, 0.3) is 0 Å². The van der Waals surface area contributed by atoms with Gasteiger partial charge in [0, 0.05) is 10.0 Å². The van der Waals surface area contributed by atoms with E-state index in [0.717, 1.165) is 4.47 Å². The summed E-state index contributed by atoms with van der Waals surface area (Å²) in [6, 6.07) is 4.10. The average molecular weight is 258 g/mol. The lowest BCUT2D eigenvalue weighted by Crippen LogP contribution is -2.24. The minimum atomic E-state index is -0.754. The number of nitrogens with one attached hydrogen (secondary N) is 1. The molecule has 0 saturated carbocycles. The fraction of sp³-hybridized carbons (Fsp3) is 0. The van der Waals surface area contributed by atoms with Gasteiger partial charge in [-0.2, -0.15) is 5.10 Å². The number of carbonyl (C=O) groups excluding carboxylic acids is 1. The van der Waals surface area contributed by atoms with Crippen molar-refractivity contribution in [3.8, 4) is 5.75 Å². The number of nitrogens with two attached hydrogens (primary N) is 1. The Hall–Kier alpha value is -1.56. The molecule has 0 aliphatic carbocycles. The molecular weight excluding hydrogens is 250 g/mol. The maximum atomic E-state index is 10.3. The number of carbonyl (C=O) groups is 1. The molecule has 0 aromatic heterocycles. The Morgan fingerprint density at radius 3 is 3.00 bits per heavy atom. The molecule has 5 nitrogen and oxygen atoms in total. The summed E-state index contributed by atoms with van der Waals surface area (Å²) in [5.74, 6) is 0.0724. The number of nitrogens with zero attached hydrogens (tertiary/aromatic N) is 1. The molecule has 0 fully saturated rings. The van der Waals surface area contributed by atoms with Crippen LogP contribution in [0, 0.1) is 0 Å². The van der Waals surface area contributed by atoms with Crippen molar-refractivity contribution in [2.75, 3.05) is 0 Å². The van der Waals surface area contributed by atoms with Crippen LogP contribution in [0.2, 0.25) is 0 Å². The highest BCUT2D eigenvalue weighted by atomic mass is 79.9. The molecule has 0 atom stereocenters. The number of halogens is 1. The van der Waals surface area contributed by atoms with Crippen LogP contribution in [-0.4, -0.2) is 17.4 Å². The van der Waals surface area contributed by atoms with Crippen LogP contribution in [0.25, 0.3) is 0 Å². The van der Waals surface area contributed by atoms with Crippen molar-refractivity contribution in [1.82, 2.24) is 5.43 Å². The first-order valence-electron chi connectivity index (χ1n) is 3.66. The van der Waals surface area contributed by atoms with Gasteiger partial charge >= 0.3 is 6.03 Å². The molecule has 74 valence electrons. The Bertz CT molecular complexity index is 379. The van der Waals surface area contributed by atoms with Crippen LogP contribution in [0.15, 0.2) is 27.8 Å². The van der Waals surface area contributed by atoms with Crippen LogP contribution in [0.3, 0.4) is 0 Å². The Labute approximate surface area is 88.7 Å². The van der Waals surface area contributed by atoms with Crippen molar-refractivity contribution in [2.45, 2.75) is 0 Å². The molecule has 0 radical (unpaired) electrons. The van der Waals surface area contributed by atoms with Crippen LogP contribution in [-0.2, 0) is 0 Å². The van der Waals surface area contributed by atoms with E-state index in [4.69, 9.17) is 5.73 Å². The van der Waals surface area contributed by atoms with Crippen molar-refractivity contribution >= 4 is 28.2 Å². The van der Waals surface area contributed by atoms with E-state index in [2.05, 4.69) is 21.0 Å². The predicted octanol–water partition coefficient (Wildman–Crippen LogP) is 1.16. The predicted molar refractivity (Wildman–Crippen MR) is 56.1 cm³/mol. The summed E-state index contributed by atoms with van der Waals surface area (Å²) in [5.41, 5.74) is 7.29. The molecule has 0 bridgehead atoms. The number of phenols is 1. The molecule has 0 aliphatic rings. The van der Waals surface area contributed by atoms with Crippen molar-refractivity contribution in [1.29, 1.82) is 0 Å². The number of aromatic hydroxyl groups is 1. The fourth-order valence-corrected chi connectivity index (χ4v) is 1.17. The molecule has 0 heterocycles. The van der Waals surface area contributed by atoms with Crippen molar-refractivity contribution in [3.05, 3.63) is 28.2 Å². The Kier molecular flexibility index (Phi) is 3.47. The standard InChI is InChI=1S/C8H8BrN3O2/c9-6-1-2-7(13)5(3-6)4-11-12-8(10)14/h1-4,13H,(H3,10,12,14)/b11-4+. The van der Waals surface area contributed by atoms with Crippen molar-refractivity contribution in [3.63, 3.8) is 0 Å². The normalized spacial score (nSPS) is 10.4. The molecule has 4 N–H and O–H groups in total. The van der Waals surface area contributed by atoms with Gasteiger partial charge in [0.05, 0.1) is 6.21 Å². The van der Waals surface area contributed by atoms with E-state index >= 15 is 0 Å². The largest absolute Gasteiger partial charge is 0.507 e. The summed E-state index contributed by atoms with van der Waals surface area (Å²) in [7, 11) is 0. The lowest BCUT2D eigenvalue weighted by atomic mass is 10.2. The molecule has 6 heteroatoms. The SMILES string of the molecule is NC(=O)N/N=C/c1cc(Br)ccc1O. The first-order chi connectivity index (χ1) is 6.59. The van der Waals surface area contributed by atoms with Crippen LogP contribution in [0.5, 0.6) is 5.75 Å². The van der Waals surface area contributed by atoms with E-state index in [-0.39, 0.29) is 5.75 Å². The van der Waals surface area contributed by atoms with Gasteiger partial charge in [0.2, 0.25) is 0 Å². The van der Waals surface area contributed by atoms with Crippen LogP contribution < -0.4 is 11.2 Å². The van der Waals surface area contributed by atoms with Gasteiger partial charge in [-0.05, 0) is 18.2 Å². The van der Waals surface area contributed by atoms with Gasteiger partial charge in [-0.15, -0.1) is 0 Å². The van der Waals surface area contributed by atoms with Gasteiger partial charge in [-0.3, -0.25) is 0 Å². The zero-order valence-electron chi connectivity index (χ0n) is 7.07. The summed E-state index contributed by atoms with van der Waals surface area (Å²) in [5, 5.41) is 12.9. The number of hydrogen-bond acceptors (Lipinski definition) is 3. The third-order valence-electron chi connectivity index (χ3n) is 1.37. The monoisotopic (exact) mass is 257 g/mol. The maximum Gasteiger partial charge on any atom is 0.332 e. The molecule has 2 amide bonds. The molecule has 1 aromatic carbocycles.